The Hall–Kier alpha value is -2.62. The highest BCUT2D eigenvalue weighted by Gasteiger charge is 2.43. The molecule has 7 nitrogen and oxygen atoms in total. The van der Waals surface area contributed by atoms with Gasteiger partial charge in [0.05, 0.1) is 12.4 Å². The highest BCUT2D eigenvalue weighted by Crippen LogP contribution is 2.35. The summed E-state index contributed by atoms with van der Waals surface area (Å²) in [6.45, 7) is -0.812. The zero-order chi connectivity index (χ0) is 18.7. The summed E-state index contributed by atoms with van der Waals surface area (Å²) in [6.07, 6.45) is -0.370. The minimum Gasteiger partial charge on any atom is -0.470 e. The maximum atomic E-state index is 12.7. The van der Waals surface area contributed by atoms with Crippen molar-refractivity contribution in [2.24, 2.45) is 0 Å². The molecule has 0 saturated carbocycles. The molecule has 0 N–H and O–H groups in total. The van der Waals surface area contributed by atoms with E-state index in [4.69, 9.17) is 0 Å². The first-order valence-electron chi connectivity index (χ1n) is 7.73. The standard InChI is InChI=1S/C16H15F2N3O4S/c17-14(18)10-25-15-9-19-12(8-20-15)16(22)21-7-6-13(26(21,23)24)11-4-2-1-3-5-11/h1-5,8-9,13-14H,6-7,10H2. The molecule has 0 spiro atoms. The van der Waals surface area contributed by atoms with Crippen molar-refractivity contribution in [2.75, 3.05) is 13.2 Å². The van der Waals surface area contributed by atoms with Crippen molar-refractivity contribution in [2.45, 2.75) is 18.1 Å². The Labute approximate surface area is 148 Å². The van der Waals surface area contributed by atoms with Crippen LogP contribution in [-0.2, 0) is 10.0 Å². The van der Waals surface area contributed by atoms with Gasteiger partial charge in [-0.3, -0.25) is 4.79 Å². The Kier molecular flexibility index (Phi) is 5.12. The number of benzene rings is 1. The summed E-state index contributed by atoms with van der Waals surface area (Å²) >= 11 is 0. The van der Waals surface area contributed by atoms with E-state index >= 15 is 0 Å². The number of sulfonamides is 1. The molecule has 1 aliphatic rings. The van der Waals surface area contributed by atoms with Gasteiger partial charge in [-0.2, -0.15) is 0 Å². The lowest BCUT2D eigenvalue weighted by Crippen LogP contribution is -2.33. The van der Waals surface area contributed by atoms with Gasteiger partial charge in [0, 0.05) is 6.54 Å². The number of nitrogens with zero attached hydrogens (tertiary/aromatic N) is 3. The van der Waals surface area contributed by atoms with Crippen molar-refractivity contribution in [3.8, 4) is 5.88 Å². The first-order chi connectivity index (χ1) is 12.4. The molecule has 0 aliphatic carbocycles. The van der Waals surface area contributed by atoms with Crippen molar-refractivity contribution in [1.82, 2.24) is 14.3 Å². The van der Waals surface area contributed by atoms with Gasteiger partial charge in [-0.25, -0.2) is 31.5 Å². The second-order valence-corrected chi connectivity index (χ2v) is 7.59. The minimum absolute atomic E-state index is 0.0338. The molecule has 0 bridgehead atoms. The van der Waals surface area contributed by atoms with Crippen LogP contribution < -0.4 is 4.74 Å². The van der Waals surface area contributed by atoms with Crippen LogP contribution in [0.3, 0.4) is 0 Å². The van der Waals surface area contributed by atoms with Crippen LogP contribution in [0.25, 0.3) is 0 Å². The van der Waals surface area contributed by atoms with Crippen molar-refractivity contribution in [3.63, 3.8) is 0 Å². The molecule has 1 aromatic heterocycles. The third-order valence-corrected chi connectivity index (χ3v) is 6.05. The Balaban J connectivity index is 1.76. The number of rotatable bonds is 5. The maximum Gasteiger partial charge on any atom is 0.287 e. The number of ether oxygens (including phenoxy) is 1. The lowest BCUT2D eigenvalue weighted by molar-refractivity contribution is 0.0789. The van der Waals surface area contributed by atoms with E-state index in [9.17, 15) is 22.0 Å². The summed E-state index contributed by atoms with van der Waals surface area (Å²) in [5.41, 5.74) is 0.413. The lowest BCUT2D eigenvalue weighted by atomic mass is 10.1. The van der Waals surface area contributed by atoms with E-state index in [0.29, 0.717) is 5.56 Å². The van der Waals surface area contributed by atoms with Crippen molar-refractivity contribution in [3.05, 3.63) is 54.0 Å². The average Bonchev–Trinajstić information content (AvgIpc) is 2.95. The molecule has 1 fully saturated rings. The number of amides is 1. The molecule has 138 valence electrons. The van der Waals surface area contributed by atoms with Gasteiger partial charge in [-0.15, -0.1) is 0 Å². The van der Waals surface area contributed by atoms with E-state index in [0.717, 1.165) is 16.7 Å². The molecule has 3 rings (SSSR count). The fraction of sp³-hybridized carbons (Fsp3) is 0.312. The van der Waals surface area contributed by atoms with E-state index in [1.54, 1.807) is 30.3 Å². The van der Waals surface area contributed by atoms with Crippen molar-refractivity contribution < 1.29 is 26.7 Å². The third kappa shape index (κ3) is 3.64. The topological polar surface area (TPSA) is 89.5 Å². The Bertz CT molecular complexity index is 876. The molecule has 1 aromatic carbocycles. The van der Waals surface area contributed by atoms with Crippen LogP contribution in [0.2, 0.25) is 0 Å². The first kappa shape index (κ1) is 18.2. The van der Waals surface area contributed by atoms with Gasteiger partial charge < -0.3 is 4.74 Å². The predicted molar refractivity (Wildman–Crippen MR) is 87.3 cm³/mol. The number of hydrogen-bond donors (Lipinski definition) is 0. The maximum absolute atomic E-state index is 12.7. The van der Waals surface area contributed by atoms with Gasteiger partial charge in [0.1, 0.15) is 10.9 Å². The average molecular weight is 383 g/mol. The highest BCUT2D eigenvalue weighted by molar-refractivity contribution is 7.90. The molecule has 1 atom stereocenters. The second-order valence-electron chi connectivity index (χ2n) is 5.55. The van der Waals surface area contributed by atoms with Crippen LogP contribution in [0.4, 0.5) is 8.78 Å². The number of hydrogen-bond acceptors (Lipinski definition) is 6. The van der Waals surface area contributed by atoms with E-state index in [1.165, 1.54) is 0 Å². The largest absolute Gasteiger partial charge is 0.470 e. The quantitative estimate of drug-likeness (QED) is 0.785. The van der Waals surface area contributed by atoms with Gasteiger partial charge in [0.15, 0.2) is 6.61 Å². The normalized spacial score (nSPS) is 18.9. The molecule has 1 saturated heterocycles. The van der Waals surface area contributed by atoms with Gasteiger partial charge in [-0.1, -0.05) is 30.3 Å². The van der Waals surface area contributed by atoms with Crippen molar-refractivity contribution in [1.29, 1.82) is 0 Å². The fourth-order valence-electron chi connectivity index (χ4n) is 2.67. The number of halogens is 2. The van der Waals surface area contributed by atoms with Gasteiger partial charge >= 0.3 is 0 Å². The summed E-state index contributed by atoms with van der Waals surface area (Å²) in [5.74, 6) is -0.982. The number of alkyl halides is 2. The molecule has 1 unspecified atom stereocenters. The molecule has 1 aliphatic heterocycles. The number of carbonyl (C=O) groups excluding carboxylic acids is 1. The van der Waals surface area contributed by atoms with Crippen LogP contribution in [0.5, 0.6) is 5.88 Å². The number of aromatic nitrogens is 2. The molecule has 2 heterocycles. The zero-order valence-electron chi connectivity index (χ0n) is 13.5. The zero-order valence-corrected chi connectivity index (χ0v) is 14.3. The van der Waals surface area contributed by atoms with Crippen LogP contribution in [0, 0.1) is 0 Å². The van der Waals surface area contributed by atoms with Crippen LogP contribution in [0.15, 0.2) is 42.7 Å². The Morgan fingerprint density at radius 1 is 1.23 bits per heavy atom. The molecule has 10 heteroatoms. The van der Waals surface area contributed by atoms with E-state index in [-0.39, 0.29) is 24.5 Å². The third-order valence-electron chi connectivity index (χ3n) is 3.86. The summed E-state index contributed by atoms with van der Waals surface area (Å²) in [6, 6.07) is 8.65. The minimum atomic E-state index is -3.87. The molecule has 0 radical (unpaired) electrons. The first-order valence-corrected chi connectivity index (χ1v) is 9.23. The lowest BCUT2D eigenvalue weighted by Gasteiger charge is -2.17. The highest BCUT2D eigenvalue weighted by atomic mass is 32.2. The fourth-order valence-corrected chi connectivity index (χ4v) is 4.56. The molecular formula is C16H15F2N3O4S. The van der Waals surface area contributed by atoms with E-state index in [1.807, 2.05) is 0 Å². The Morgan fingerprint density at radius 2 is 1.96 bits per heavy atom. The molecule has 2 aromatic rings. The Morgan fingerprint density at radius 3 is 2.58 bits per heavy atom. The van der Waals surface area contributed by atoms with Crippen LogP contribution >= 0.6 is 0 Å². The molecular weight excluding hydrogens is 368 g/mol. The van der Waals surface area contributed by atoms with Crippen LogP contribution in [-0.4, -0.2) is 48.2 Å². The summed E-state index contributed by atoms with van der Waals surface area (Å²) in [4.78, 5) is 20.0. The van der Waals surface area contributed by atoms with E-state index < -0.39 is 34.2 Å². The summed E-state index contributed by atoms with van der Waals surface area (Å²) in [5, 5.41) is -0.797. The molecule has 26 heavy (non-hydrogen) atoms. The van der Waals surface area contributed by atoms with Gasteiger partial charge in [0.2, 0.25) is 15.9 Å². The second kappa shape index (κ2) is 7.32. The van der Waals surface area contributed by atoms with Crippen molar-refractivity contribution >= 4 is 15.9 Å². The monoisotopic (exact) mass is 383 g/mol. The number of carbonyl (C=O) groups is 1. The van der Waals surface area contributed by atoms with Crippen LogP contribution in [0.1, 0.15) is 27.7 Å². The SMILES string of the molecule is O=C(c1cnc(OCC(F)F)cn1)N1CCC(c2ccccc2)S1(=O)=O. The molecule has 1 amide bonds. The summed E-state index contributed by atoms with van der Waals surface area (Å²) in [7, 11) is -3.87. The van der Waals surface area contributed by atoms with Gasteiger partial charge in [-0.05, 0) is 12.0 Å². The van der Waals surface area contributed by atoms with E-state index in [2.05, 4.69) is 14.7 Å². The smallest absolute Gasteiger partial charge is 0.287 e. The predicted octanol–water partition coefficient (Wildman–Crippen LogP) is 2.04. The summed E-state index contributed by atoms with van der Waals surface area (Å²) < 4.78 is 55.0. The van der Waals surface area contributed by atoms with Gasteiger partial charge in [0.25, 0.3) is 12.3 Å².